The van der Waals surface area contributed by atoms with Crippen molar-refractivity contribution in [3.05, 3.63) is 6.42 Å². The molecule has 0 spiro atoms. The highest BCUT2D eigenvalue weighted by Crippen LogP contribution is 2.15. The summed E-state index contributed by atoms with van der Waals surface area (Å²) in [6, 6.07) is 0. The molecule has 0 bridgehead atoms. The smallest absolute Gasteiger partial charge is 0.209 e. The summed E-state index contributed by atoms with van der Waals surface area (Å²) in [6.07, 6.45) is 3.89. The van der Waals surface area contributed by atoms with Crippen molar-refractivity contribution in [2.45, 2.75) is 27.7 Å². The Kier molecular flexibility index (Phi) is 5.70. The van der Waals surface area contributed by atoms with E-state index in [1.54, 1.807) is 6.19 Å². The van der Waals surface area contributed by atoms with Crippen LogP contribution < -0.4 is 10.6 Å². The minimum Gasteiger partial charge on any atom is -0.356 e. The molecule has 14 heavy (non-hydrogen) atoms. The molecule has 0 saturated heterocycles. The summed E-state index contributed by atoms with van der Waals surface area (Å²) in [7, 11) is 0. The molecule has 0 atom stereocenters. The number of aliphatic imine (C=N–C) groups is 1. The average molecular weight is 195 g/mol. The van der Waals surface area contributed by atoms with Gasteiger partial charge in [-0.15, -0.1) is 4.99 Å². The van der Waals surface area contributed by atoms with Crippen molar-refractivity contribution >= 4 is 5.96 Å². The molecule has 0 aromatic rings. The third-order valence-corrected chi connectivity index (χ3v) is 1.49. The number of nitrogens with one attached hydrogen (secondary N) is 2. The number of rotatable bonds is 3. The van der Waals surface area contributed by atoms with E-state index >= 15 is 0 Å². The van der Waals surface area contributed by atoms with Crippen molar-refractivity contribution in [3.63, 3.8) is 0 Å². The summed E-state index contributed by atoms with van der Waals surface area (Å²) in [5, 5.41) is 14.4. The van der Waals surface area contributed by atoms with Gasteiger partial charge in [-0.1, -0.05) is 20.8 Å². The van der Waals surface area contributed by atoms with E-state index in [4.69, 9.17) is 5.26 Å². The van der Waals surface area contributed by atoms with Gasteiger partial charge in [-0.2, -0.15) is 5.26 Å². The molecule has 4 nitrogen and oxygen atoms in total. The fourth-order valence-electron chi connectivity index (χ4n) is 0.813. The largest absolute Gasteiger partial charge is 0.356 e. The SMILES string of the molecule is CCNC(=NC#N)NC[CH]C(C)(C)C. The molecule has 0 aromatic carbocycles. The summed E-state index contributed by atoms with van der Waals surface area (Å²) >= 11 is 0. The summed E-state index contributed by atoms with van der Waals surface area (Å²) in [5.41, 5.74) is 0.178. The lowest BCUT2D eigenvalue weighted by Crippen LogP contribution is -2.38. The van der Waals surface area contributed by atoms with Crippen molar-refractivity contribution in [2.75, 3.05) is 13.1 Å². The Morgan fingerprint density at radius 3 is 2.50 bits per heavy atom. The fourth-order valence-corrected chi connectivity index (χ4v) is 0.813. The number of guanidine groups is 1. The van der Waals surface area contributed by atoms with Crippen LogP contribution in [-0.4, -0.2) is 19.0 Å². The Morgan fingerprint density at radius 1 is 1.43 bits per heavy atom. The van der Waals surface area contributed by atoms with Crippen LogP contribution in [0.5, 0.6) is 0 Å². The number of hydrogen-bond donors (Lipinski definition) is 2. The molecule has 0 aliphatic heterocycles. The topological polar surface area (TPSA) is 60.2 Å². The molecule has 0 fully saturated rings. The van der Waals surface area contributed by atoms with Gasteiger partial charge in [-0.05, 0) is 18.8 Å². The van der Waals surface area contributed by atoms with E-state index in [0.29, 0.717) is 12.5 Å². The minimum atomic E-state index is 0.178. The first-order chi connectivity index (χ1) is 6.49. The van der Waals surface area contributed by atoms with Crippen LogP contribution in [0, 0.1) is 23.3 Å². The predicted molar refractivity (Wildman–Crippen MR) is 58.5 cm³/mol. The summed E-state index contributed by atoms with van der Waals surface area (Å²) < 4.78 is 0. The minimum absolute atomic E-state index is 0.178. The molecule has 4 heteroatoms. The molecule has 0 rings (SSSR count). The second kappa shape index (κ2) is 6.25. The standard InChI is InChI=1S/C10H19N4/c1-5-12-9(14-8-11)13-7-6-10(2,3)4/h6H,5,7H2,1-4H3,(H2,12,13,14). The predicted octanol–water partition coefficient (Wildman–Crippen LogP) is 1.27. The van der Waals surface area contributed by atoms with E-state index in [2.05, 4.69) is 42.8 Å². The van der Waals surface area contributed by atoms with E-state index in [1.165, 1.54) is 0 Å². The fraction of sp³-hybridized carbons (Fsp3) is 0.700. The molecule has 0 aliphatic rings. The van der Waals surface area contributed by atoms with Crippen molar-refractivity contribution < 1.29 is 0 Å². The highest BCUT2D eigenvalue weighted by atomic mass is 15.2. The van der Waals surface area contributed by atoms with Gasteiger partial charge in [-0.3, -0.25) is 0 Å². The number of nitrogens with zero attached hydrogens (tertiary/aromatic N) is 2. The highest BCUT2D eigenvalue weighted by Gasteiger charge is 2.09. The van der Waals surface area contributed by atoms with Crippen LogP contribution >= 0.6 is 0 Å². The van der Waals surface area contributed by atoms with Crippen molar-refractivity contribution in [1.29, 1.82) is 5.26 Å². The average Bonchev–Trinajstić information content (AvgIpc) is 2.02. The zero-order valence-electron chi connectivity index (χ0n) is 9.39. The third-order valence-electron chi connectivity index (χ3n) is 1.49. The van der Waals surface area contributed by atoms with E-state index < -0.39 is 0 Å². The molecule has 0 heterocycles. The molecule has 79 valence electrons. The first-order valence-electron chi connectivity index (χ1n) is 4.78. The first-order valence-corrected chi connectivity index (χ1v) is 4.78. The van der Waals surface area contributed by atoms with Gasteiger partial charge in [0.1, 0.15) is 0 Å². The van der Waals surface area contributed by atoms with E-state index in [9.17, 15) is 0 Å². The van der Waals surface area contributed by atoms with Gasteiger partial charge in [0.2, 0.25) is 12.2 Å². The van der Waals surface area contributed by atoms with Gasteiger partial charge < -0.3 is 10.6 Å². The normalized spacial score (nSPS) is 12.1. The maximum atomic E-state index is 8.39. The Labute approximate surface area is 86.4 Å². The molecule has 0 aromatic heterocycles. The lowest BCUT2D eigenvalue weighted by atomic mass is 9.92. The molecular weight excluding hydrogens is 176 g/mol. The van der Waals surface area contributed by atoms with Crippen LogP contribution in [0.1, 0.15) is 27.7 Å². The lowest BCUT2D eigenvalue weighted by molar-refractivity contribution is 0.481. The quantitative estimate of drug-likeness (QED) is 0.405. The molecule has 0 aliphatic carbocycles. The van der Waals surface area contributed by atoms with Crippen LogP contribution in [0.4, 0.5) is 0 Å². The molecule has 0 saturated carbocycles. The molecular formula is C10H19N4. The monoisotopic (exact) mass is 195 g/mol. The number of hydrogen-bond acceptors (Lipinski definition) is 2. The maximum Gasteiger partial charge on any atom is 0.209 e. The van der Waals surface area contributed by atoms with Crippen LogP contribution in [0.25, 0.3) is 0 Å². The summed E-state index contributed by atoms with van der Waals surface area (Å²) in [5.74, 6) is 0.538. The summed E-state index contributed by atoms with van der Waals surface area (Å²) in [6.45, 7) is 9.80. The number of nitriles is 1. The Balaban J connectivity index is 3.85. The van der Waals surface area contributed by atoms with E-state index in [-0.39, 0.29) is 5.41 Å². The van der Waals surface area contributed by atoms with Crippen LogP contribution in [0.15, 0.2) is 4.99 Å². The van der Waals surface area contributed by atoms with Gasteiger partial charge in [-0.25, -0.2) is 0 Å². The van der Waals surface area contributed by atoms with Gasteiger partial charge in [0.25, 0.3) is 0 Å². The van der Waals surface area contributed by atoms with Crippen LogP contribution in [-0.2, 0) is 0 Å². The van der Waals surface area contributed by atoms with Crippen LogP contribution in [0.3, 0.4) is 0 Å². The summed E-state index contributed by atoms with van der Waals surface area (Å²) in [4.78, 5) is 3.61. The molecule has 1 radical (unpaired) electrons. The second-order valence-corrected chi connectivity index (χ2v) is 4.04. The lowest BCUT2D eigenvalue weighted by Gasteiger charge is -2.18. The van der Waals surface area contributed by atoms with Gasteiger partial charge in [0.05, 0.1) is 0 Å². The third kappa shape index (κ3) is 7.41. The molecule has 0 unspecified atom stereocenters. The Bertz CT molecular complexity index is 219. The van der Waals surface area contributed by atoms with Crippen molar-refractivity contribution in [1.82, 2.24) is 10.6 Å². The Hall–Kier alpha value is -1.24. The van der Waals surface area contributed by atoms with Crippen LogP contribution in [0.2, 0.25) is 0 Å². The maximum absolute atomic E-state index is 8.39. The molecule has 2 N–H and O–H groups in total. The van der Waals surface area contributed by atoms with E-state index in [0.717, 1.165) is 6.54 Å². The second-order valence-electron chi connectivity index (χ2n) is 4.04. The first kappa shape index (κ1) is 12.8. The van der Waals surface area contributed by atoms with Crippen molar-refractivity contribution in [3.8, 4) is 6.19 Å². The molecule has 0 amide bonds. The Morgan fingerprint density at radius 2 is 2.07 bits per heavy atom. The van der Waals surface area contributed by atoms with Gasteiger partial charge in [0.15, 0.2) is 0 Å². The van der Waals surface area contributed by atoms with Gasteiger partial charge in [0, 0.05) is 13.1 Å². The zero-order chi connectivity index (χ0) is 11.0. The van der Waals surface area contributed by atoms with Gasteiger partial charge >= 0.3 is 0 Å². The zero-order valence-corrected chi connectivity index (χ0v) is 9.39. The highest BCUT2D eigenvalue weighted by molar-refractivity contribution is 5.80. The van der Waals surface area contributed by atoms with Crippen molar-refractivity contribution in [2.24, 2.45) is 10.4 Å². The van der Waals surface area contributed by atoms with E-state index in [1.807, 2.05) is 6.92 Å².